The minimum Gasteiger partial charge on any atom is -0.244 e. The first-order valence-corrected chi connectivity index (χ1v) is 8.76. The summed E-state index contributed by atoms with van der Waals surface area (Å²) in [6.45, 7) is 8.29. The van der Waals surface area contributed by atoms with E-state index in [1.165, 1.54) is 0 Å². The maximum atomic E-state index is 4.88. The Bertz CT molecular complexity index is 1160. The molecule has 26 heavy (non-hydrogen) atoms. The van der Waals surface area contributed by atoms with Crippen LogP contribution in [0.5, 0.6) is 0 Å². The zero-order chi connectivity index (χ0) is 18.0. The molecule has 5 aromatic rings. The first kappa shape index (κ1) is 15.1. The average molecular weight is 338 g/mol. The van der Waals surface area contributed by atoms with E-state index in [9.17, 15) is 0 Å². The number of aryl methyl sites for hydroxylation is 4. The SMILES string of the molecule is Cc1ccc(C)c2nc3cc4nc5c(C)ccc(C)c5nc4cc3nc12. The van der Waals surface area contributed by atoms with E-state index in [1.807, 2.05) is 12.1 Å². The zero-order valence-electron chi connectivity index (χ0n) is 15.3. The van der Waals surface area contributed by atoms with E-state index in [0.717, 1.165) is 66.4 Å². The van der Waals surface area contributed by atoms with Crippen LogP contribution in [0.3, 0.4) is 0 Å². The van der Waals surface area contributed by atoms with Gasteiger partial charge in [0.05, 0.1) is 44.1 Å². The molecule has 0 aliphatic rings. The van der Waals surface area contributed by atoms with Gasteiger partial charge in [-0.1, -0.05) is 24.3 Å². The van der Waals surface area contributed by atoms with Gasteiger partial charge in [0.15, 0.2) is 0 Å². The maximum Gasteiger partial charge on any atom is 0.0926 e. The largest absolute Gasteiger partial charge is 0.244 e. The van der Waals surface area contributed by atoms with E-state index < -0.39 is 0 Å². The Balaban J connectivity index is 1.93. The highest BCUT2D eigenvalue weighted by Gasteiger charge is 2.11. The van der Waals surface area contributed by atoms with Gasteiger partial charge >= 0.3 is 0 Å². The number of aromatic nitrogens is 4. The fourth-order valence-corrected chi connectivity index (χ4v) is 3.52. The molecular weight excluding hydrogens is 320 g/mol. The molecule has 3 aromatic carbocycles. The predicted molar refractivity (Wildman–Crippen MR) is 107 cm³/mol. The number of hydrogen-bond acceptors (Lipinski definition) is 4. The number of benzene rings is 3. The van der Waals surface area contributed by atoms with E-state index in [1.54, 1.807) is 0 Å². The zero-order valence-corrected chi connectivity index (χ0v) is 15.3. The molecule has 5 rings (SSSR count). The Labute approximate surface area is 150 Å². The lowest BCUT2D eigenvalue weighted by molar-refractivity contribution is 1.30. The van der Waals surface area contributed by atoms with E-state index in [0.29, 0.717) is 0 Å². The van der Waals surface area contributed by atoms with E-state index in [2.05, 4.69) is 52.0 Å². The second-order valence-corrected chi connectivity index (χ2v) is 7.07. The van der Waals surface area contributed by atoms with Crippen LogP contribution in [-0.4, -0.2) is 19.9 Å². The molecule has 4 nitrogen and oxygen atoms in total. The lowest BCUT2D eigenvalue weighted by Crippen LogP contribution is -1.96. The first-order valence-electron chi connectivity index (χ1n) is 8.76. The lowest BCUT2D eigenvalue weighted by Gasteiger charge is -2.09. The van der Waals surface area contributed by atoms with Crippen molar-refractivity contribution in [3.63, 3.8) is 0 Å². The number of hydrogen-bond donors (Lipinski definition) is 0. The molecule has 0 amide bonds. The van der Waals surface area contributed by atoms with Crippen molar-refractivity contribution in [1.29, 1.82) is 0 Å². The third kappa shape index (κ3) is 2.08. The summed E-state index contributed by atoms with van der Waals surface area (Å²) in [5.74, 6) is 0. The lowest BCUT2D eigenvalue weighted by atomic mass is 10.1. The van der Waals surface area contributed by atoms with Gasteiger partial charge in [0.25, 0.3) is 0 Å². The Morgan fingerprint density at radius 2 is 0.654 bits per heavy atom. The van der Waals surface area contributed by atoms with Crippen LogP contribution < -0.4 is 0 Å². The topological polar surface area (TPSA) is 51.6 Å². The summed E-state index contributed by atoms with van der Waals surface area (Å²) in [5, 5.41) is 0. The molecule has 0 unspecified atom stereocenters. The van der Waals surface area contributed by atoms with Crippen LogP contribution in [0.25, 0.3) is 44.1 Å². The summed E-state index contributed by atoms with van der Waals surface area (Å²) in [5.41, 5.74) is 11.8. The van der Waals surface area contributed by atoms with Crippen LogP contribution in [0, 0.1) is 27.7 Å². The smallest absolute Gasteiger partial charge is 0.0926 e. The fraction of sp³-hybridized carbons (Fsp3) is 0.182. The summed E-state index contributed by atoms with van der Waals surface area (Å²) >= 11 is 0. The minimum absolute atomic E-state index is 0.859. The van der Waals surface area contributed by atoms with Crippen LogP contribution >= 0.6 is 0 Å². The molecule has 0 saturated carbocycles. The van der Waals surface area contributed by atoms with Gasteiger partial charge in [-0.15, -0.1) is 0 Å². The summed E-state index contributed by atoms with van der Waals surface area (Å²) in [6, 6.07) is 12.4. The third-order valence-electron chi connectivity index (χ3n) is 5.11. The Morgan fingerprint density at radius 3 is 0.885 bits per heavy atom. The number of nitrogens with zero attached hydrogens (tertiary/aromatic N) is 4. The molecule has 0 spiro atoms. The summed E-state index contributed by atoms with van der Waals surface area (Å²) < 4.78 is 0. The van der Waals surface area contributed by atoms with Crippen molar-refractivity contribution in [2.45, 2.75) is 27.7 Å². The second-order valence-electron chi connectivity index (χ2n) is 7.07. The molecular formula is C22H18N4. The van der Waals surface area contributed by atoms with Gasteiger partial charge in [-0.3, -0.25) is 0 Å². The van der Waals surface area contributed by atoms with Crippen molar-refractivity contribution in [2.24, 2.45) is 0 Å². The summed E-state index contributed by atoms with van der Waals surface area (Å²) in [7, 11) is 0. The normalized spacial score (nSPS) is 11.8. The van der Waals surface area contributed by atoms with Gasteiger partial charge in [0.2, 0.25) is 0 Å². The van der Waals surface area contributed by atoms with Crippen LogP contribution in [0.4, 0.5) is 0 Å². The monoisotopic (exact) mass is 338 g/mol. The highest BCUT2D eigenvalue weighted by molar-refractivity contribution is 5.98. The molecule has 0 aliphatic heterocycles. The average Bonchev–Trinajstić information content (AvgIpc) is 2.64. The van der Waals surface area contributed by atoms with Gasteiger partial charge in [-0.25, -0.2) is 19.9 Å². The molecule has 0 aliphatic carbocycles. The molecule has 0 fully saturated rings. The minimum atomic E-state index is 0.859. The van der Waals surface area contributed by atoms with Crippen LogP contribution in [0.15, 0.2) is 36.4 Å². The maximum absolute atomic E-state index is 4.88. The van der Waals surface area contributed by atoms with E-state index in [-0.39, 0.29) is 0 Å². The second kappa shape index (κ2) is 5.18. The molecule has 4 heteroatoms. The first-order chi connectivity index (χ1) is 12.5. The van der Waals surface area contributed by atoms with Crippen molar-refractivity contribution in [3.05, 3.63) is 58.7 Å². The van der Waals surface area contributed by atoms with Crippen LogP contribution in [0.1, 0.15) is 22.3 Å². The molecule has 0 atom stereocenters. The van der Waals surface area contributed by atoms with Crippen molar-refractivity contribution in [3.8, 4) is 0 Å². The van der Waals surface area contributed by atoms with Crippen LogP contribution in [-0.2, 0) is 0 Å². The quantitative estimate of drug-likeness (QED) is 0.368. The summed E-state index contributed by atoms with van der Waals surface area (Å²) in [4.78, 5) is 19.5. The third-order valence-corrected chi connectivity index (χ3v) is 5.11. The number of fused-ring (bicyclic) bond motifs is 4. The van der Waals surface area contributed by atoms with E-state index >= 15 is 0 Å². The Morgan fingerprint density at radius 1 is 0.423 bits per heavy atom. The van der Waals surface area contributed by atoms with Crippen molar-refractivity contribution < 1.29 is 0 Å². The van der Waals surface area contributed by atoms with E-state index in [4.69, 9.17) is 19.9 Å². The molecule has 0 bridgehead atoms. The number of rotatable bonds is 0. The standard InChI is InChI=1S/C22H18N4/c1-11-5-6-12(2)20-19(11)23-15-9-17-18(10-16(15)24-20)26-22-14(4)8-7-13(3)21(22)25-17/h5-10H,1-4H3. The highest BCUT2D eigenvalue weighted by Crippen LogP contribution is 2.27. The predicted octanol–water partition coefficient (Wildman–Crippen LogP) is 5.11. The van der Waals surface area contributed by atoms with Crippen LogP contribution in [0.2, 0.25) is 0 Å². The van der Waals surface area contributed by atoms with Crippen molar-refractivity contribution in [2.75, 3.05) is 0 Å². The fourth-order valence-electron chi connectivity index (χ4n) is 3.52. The molecule has 0 N–H and O–H groups in total. The highest BCUT2D eigenvalue weighted by atomic mass is 14.8. The van der Waals surface area contributed by atoms with Crippen molar-refractivity contribution in [1.82, 2.24) is 19.9 Å². The molecule has 2 aromatic heterocycles. The molecule has 0 saturated heterocycles. The van der Waals surface area contributed by atoms with Gasteiger partial charge in [0, 0.05) is 0 Å². The summed E-state index contributed by atoms with van der Waals surface area (Å²) in [6.07, 6.45) is 0. The van der Waals surface area contributed by atoms with Gasteiger partial charge in [0.1, 0.15) is 0 Å². The van der Waals surface area contributed by atoms with Gasteiger partial charge in [-0.2, -0.15) is 0 Å². The van der Waals surface area contributed by atoms with Gasteiger partial charge in [-0.05, 0) is 62.1 Å². The molecule has 2 heterocycles. The molecule has 126 valence electrons. The Kier molecular flexibility index (Phi) is 3.02. The van der Waals surface area contributed by atoms with Crippen molar-refractivity contribution >= 4 is 44.1 Å². The Hall–Kier alpha value is -3.14. The molecule has 0 radical (unpaired) electrons. The van der Waals surface area contributed by atoms with Gasteiger partial charge < -0.3 is 0 Å².